The zero-order chi connectivity index (χ0) is 73.2. The van der Waals surface area contributed by atoms with E-state index < -0.39 is 313 Å². The summed E-state index contributed by atoms with van der Waals surface area (Å²) < 4.78 is 339. The topological polar surface area (TPSA) is 3.24 Å². The van der Waals surface area contributed by atoms with E-state index in [0.29, 0.717) is 11.0 Å². The van der Waals surface area contributed by atoms with Gasteiger partial charge in [0.15, 0.2) is 0 Å². The molecule has 1 nitrogen and oxygen atoms in total. The predicted octanol–water partition coefficient (Wildman–Crippen LogP) is 16.2. The van der Waals surface area contributed by atoms with Gasteiger partial charge in [0.25, 0.3) is 0 Å². The molecule has 10 aromatic carbocycles. The molecule has 0 radical (unpaired) electrons. The molecular formula is C61H41N. The number of benzene rings is 10. The van der Waals surface area contributed by atoms with Crippen molar-refractivity contribution in [3.63, 3.8) is 0 Å². The maximum atomic E-state index is 9.96. The number of anilines is 3. The molecule has 0 N–H and O–H groups in total. The Morgan fingerprint density at radius 3 is 1.35 bits per heavy atom. The highest BCUT2D eigenvalue weighted by Crippen LogP contribution is 2.64. The second kappa shape index (κ2) is 14.6. The molecule has 0 bridgehead atoms. The van der Waals surface area contributed by atoms with Crippen molar-refractivity contribution in [1.82, 2.24) is 0 Å². The van der Waals surface area contributed by atoms with Crippen LogP contribution >= 0.6 is 0 Å². The van der Waals surface area contributed by atoms with Crippen molar-refractivity contribution in [3.05, 3.63) is 270 Å². The summed E-state index contributed by atoms with van der Waals surface area (Å²) in [5.74, 6) is 0. The molecule has 290 valence electrons. The highest BCUT2D eigenvalue weighted by Gasteiger charge is 2.52. The van der Waals surface area contributed by atoms with Crippen LogP contribution in [0.1, 0.15) is 73.0 Å². The van der Waals surface area contributed by atoms with Crippen molar-refractivity contribution >= 4 is 17.1 Å². The van der Waals surface area contributed by atoms with Crippen molar-refractivity contribution in [1.29, 1.82) is 0 Å². The normalized spacial score (nSPS) is 21.0. The summed E-state index contributed by atoms with van der Waals surface area (Å²) in [6.45, 7) is 0. The van der Waals surface area contributed by atoms with Gasteiger partial charge >= 0.3 is 0 Å². The van der Waals surface area contributed by atoms with Crippen molar-refractivity contribution < 1.29 is 50.7 Å². The van der Waals surface area contributed by atoms with Crippen LogP contribution < -0.4 is 4.90 Å². The van der Waals surface area contributed by atoms with E-state index in [2.05, 4.69) is 0 Å². The van der Waals surface area contributed by atoms with Gasteiger partial charge in [0.1, 0.15) is 0 Å². The van der Waals surface area contributed by atoms with E-state index in [1.807, 2.05) is 0 Å². The molecule has 0 fully saturated rings. The summed E-state index contributed by atoms with van der Waals surface area (Å²) in [4.78, 5) is 0.387. The summed E-state index contributed by atoms with van der Waals surface area (Å²) in [5.41, 5.74) is -16.3. The Hall–Kier alpha value is -8.00. The summed E-state index contributed by atoms with van der Waals surface area (Å²) in [6.07, 6.45) is 0. The monoisotopic (exact) mass is 825 g/mol. The lowest BCUT2D eigenvalue weighted by Crippen LogP contribution is -2.25. The minimum Gasteiger partial charge on any atom is -0.311 e. The lowest BCUT2D eigenvalue weighted by atomic mass is 9.70. The van der Waals surface area contributed by atoms with Crippen molar-refractivity contribution in [3.8, 4) is 66.8 Å². The fourth-order valence-corrected chi connectivity index (χ4v) is 7.93. The maximum absolute atomic E-state index is 9.96. The van der Waals surface area contributed by atoms with Gasteiger partial charge in [0, 0.05) is 17.1 Å². The van der Waals surface area contributed by atoms with Gasteiger partial charge in [-0.25, -0.2) is 0 Å². The highest BCUT2D eigenvalue weighted by molar-refractivity contribution is 6.02. The Bertz CT molecular complexity index is 5310. The van der Waals surface area contributed by atoms with Gasteiger partial charge in [-0.3, -0.25) is 0 Å². The minimum absolute atomic E-state index is 0.322. The zero-order valence-electron chi connectivity index (χ0n) is 68.3. The molecule has 12 rings (SSSR count). The molecule has 0 atom stereocenters. The van der Waals surface area contributed by atoms with Gasteiger partial charge in [-0.05, 0) is 125 Å². The molecule has 0 aromatic heterocycles. The van der Waals surface area contributed by atoms with Crippen LogP contribution in [-0.4, -0.2) is 0 Å². The van der Waals surface area contributed by atoms with E-state index in [1.165, 1.54) is 0 Å². The van der Waals surface area contributed by atoms with Gasteiger partial charge in [0.05, 0.1) is 56.1 Å². The van der Waals surface area contributed by atoms with Crippen LogP contribution in [0.3, 0.4) is 0 Å². The molecule has 1 heteroatoms. The van der Waals surface area contributed by atoms with E-state index >= 15 is 0 Å². The van der Waals surface area contributed by atoms with E-state index in [4.69, 9.17) is 24.7 Å². The molecule has 1 spiro atoms. The zero-order valence-corrected chi connectivity index (χ0v) is 31.3. The third-order valence-corrected chi connectivity index (χ3v) is 10.5. The number of fused-ring (bicyclic) bond motifs is 10. The van der Waals surface area contributed by atoms with Gasteiger partial charge < -0.3 is 4.90 Å². The van der Waals surface area contributed by atoms with E-state index in [0.717, 1.165) is 18.2 Å². The SMILES string of the molecule is [2H]c1cc(-c2c([2H])c([2H])c(N(c3cc([2H])c(-c4c([2H])c([2H])c([2H])c([2H])c4[2H])c([2H])c3[2H])c3c([2H])c([2H])c(-c4c([2H])c([2H])c([2H])c([2H])c4[2H])c([2H])c3[2H])c([2H])c2[2H])c(-c2c([2H])c([2H])c([2H])c3c2-c2c([2H])c([2H])c([2H])c([2H])c2C32c3cc([2H])c([2H])c([2H])c3-c3c2cc([2H])c([2H])c3[2H])c([2H])c1[2H]. The second-order valence-corrected chi connectivity index (χ2v) is 13.6. The lowest BCUT2D eigenvalue weighted by molar-refractivity contribution is 0.794. The first-order valence-electron chi connectivity index (χ1n) is 37.0. The van der Waals surface area contributed by atoms with Crippen LogP contribution in [0, 0.1) is 0 Å². The molecule has 0 unspecified atom stereocenters. The molecule has 0 heterocycles. The van der Waals surface area contributed by atoms with Crippen molar-refractivity contribution in [2.45, 2.75) is 5.41 Å². The van der Waals surface area contributed by atoms with Gasteiger partial charge in [0.2, 0.25) is 0 Å². The number of rotatable bonds is 7. The third-order valence-electron chi connectivity index (χ3n) is 10.5. The molecule has 62 heavy (non-hydrogen) atoms. The minimum atomic E-state index is -2.56. The Morgan fingerprint density at radius 1 is 0.258 bits per heavy atom. The smallest absolute Gasteiger partial charge is 0.0725 e. The van der Waals surface area contributed by atoms with Crippen LogP contribution in [0.25, 0.3) is 66.8 Å². The van der Waals surface area contributed by atoms with Crippen LogP contribution in [0.4, 0.5) is 17.1 Å². The van der Waals surface area contributed by atoms with Crippen molar-refractivity contribution in [2.75, 3.05) is 4.90 Å². The first kappa shape index (κ1) is 14.6. The van der Waals surface area contributed by atoms with Crippen LogP contribution in [0.5, 0.6) is 0 Å². The highest BCUT2D eigenvalue weighted by atomic mass is 15.1. The van der Waals surface area contributed by atoms with E-state index in [-0.39, 0.29) is 22.3 Å². The first-order chi connectivity index (χ1) is 46.1. The van der Waals surface area contributed by atoms with Gasteiger partial charge in [-0.2, -0.15) is 0 Å². The quantitative estimate of drug-likeness (QED) is 0.155. The second-order valence-electron chi connectivity index (χ2n) is 13.6. The Kier molecular flexibility index (Phi) is 3.44. The summed E-state index contributed by atoms with van der Waals surface area (Å²) in [5, 5.41) is 0. The third kappa shape index (κ3) is 5.56. The van der Waals surface area contributed by atoms with Crippen LogP contribution in [0.15, 0.2) is 248 Å². The fraction of sp³-hybridized carbons (Fsp3) is 0.0164. The van der Waals surface area contributed by atoms with E-state index in [9.17, 15) is 26.0 Å². The molecule has 2 aliphatic carbocycles. The Labute approximate surface area is 415 Å². The number of hydrogen-bond acceptors (Lipinski definition) is 1. The average molecular weight is 825 g/mol. The average Bonchev–Trinajstić information content (AvgIpc) is 1.48. The predicted molar refractivity (Wildman–Crippen MR) is 259 cm³/mol. The molecule has 2 aliphatic rings. The Balaban J connectivity index is 1.22. The van der Waals surface area contributed by atoms with E-state index in [1.54, 1.807) is 0 Å². The summed E-state index contributed by atoms with van der Waals surface area (Å²) in [6, 6.07) is -33.6. The molecule has 0 saturated carbocycles. The van der Waals surface area contributed by atoms with Gasteiger partial charge in [-0.15, -0.1) is 0 Å². The van der Waals surface area contributed by atoms with Crippen LogP contribution in [-0.2, 0) is 5.41 Å². The maximum Gasteiger partial charge on any atom is 0.0725 e. The largest absolute Gasteiger partial charge is 0.311 e. The molecule has 10 aromatic rings. The van der Waals surface area contributed by atoms with Crippen molar-refractivity contribution in [2.24, 2.45) is 0 Å². The molecular weight excluding hydrogens is 747 g/mol. The summed E-state index contributed by atoms with van der Waals surface area (Å²) in [7, 11) is 0. The van der Waals surface area contributed by atoms with Gasteiger partial charge in [-0.1, -0.05) is 212 Å². The number of hydrogen-bond donors (Lipinski definition) is 0. The standard InChI is InChI=1S/C61H41N/c1-3-16-42(17-4-1)44-30-36-47(37-31-44)62(48-38-32-45(33-39-48)43-18-5-2-6-19-43)49-40-34-46(35-41-49)50-20-7-8-21-51(50)54-25-15-29-59-60(54)55-24-11-14-28-58(55)61(59)56-26-12-9-22-52(56)53-23-10-13-27-57(53)61/h1-41H/i1D,2D,3D,4D,5D,6D,7D,8D,9D,10D,11D,12D,13D,14D,15D,16D,17D,18D,19D,21D,22D,23D,24D,25D,28D,29D,30D,31D,32D,33D,34D,35D,36D,37D,38D,40D,41D. The lowest BCUT2D eigenvalue weighted by Gasteiger charge is -2.30. The Morgan fingerprint density at radius 2 is 0.710 bits per heavy atom. The molecule has 0 saturated heterocycles. The molecule has 0 amide bonds. The summed E-state index contributed by atoms with van der Waals surface area (Å²) >= 11 is 0. The molecule has 0 aliphatic heterocycles. The fourth-order valence-electron chi connectivity index (χ4n) is 7.93. The number of nitrogens with zero attached hydrogens (tertiary/aromatic N) is 1. The van der Waals surface area contributed by atoms with Crippen LogP contribution in [0.2, 0.25) is 0 Å². The first-order valence-corrected chi connectivity index (χ1v) is 18.5.